The Bertz CT molecular complexity index is 979. The number of benzene rings is 2. The van der Waals surface area contributed by atoms with E-state index in [0.29, 0.717) is 13.2 Å². The van der Waals surface area contributed by atoms with Crippen LogP contribution in [-0.4, -0.2) is 41.9 Å². The zero-order valence-corrected chi connectivity index (χ0v) is 26.7. The number of rotatable bonds is 11. The minimum absolute atomic E-state index is 0.0333. The summed E-state index contributed by atoms with van der Waals surface area (Å²) < 4.78 is 19.1. The summed E-state index contributed by atoms with van der Waals surface area (Å²) in [5, 5.41) is 2.44. The van der Waals surface area contributed by atoms with Crippen LogP contribution in [-0.2, 0) is 18.4 Å². The third-order valence-electron chi connectivity index (χ3n) is 7.53. The van der Waals surface area contributed by atoms with E-state index in [0.717, 1.165) is 5.57 Å². The molecule has 0 aromatic heterocycles. The number of ether oxygens (including phenoxy) is 1. The fourth-order valence-corrected chi connectivity index (χ4v) is 10.2. The molecule has 0 radical (unpaired) electrons. The fraction of sp³-hybridized carbons (Fsp3) is 0.516. The highest BCUT2D eigenvalue weighted by molar-refractivity contribution is 6.99. The summed E-state index contributed by atoms with van der Waals surface area (Å²) in [6, 6.07) is 21.3. The largest absolute Gasteiger partial charge is 0.466 e. The number of hydrogen-bond acceptors (Lipinski definition) is 4. The molecule has 2 aromatic carbocycles. The molecular weight excluding hydrogens is 493 g/mol. The first-order valence-corrected chi connectivity index (χ1v) is 18.2. The molecule has 204 valence electrons. The lowest BCUT2D eigenvalue weighted by Crippen LogP contribution is -2.66. The average Bonchev–Trinajstić information content (AvgIpc) is 2.81. The molecule has 6 heteroatoms. The van der Waals surface area contributed by atoms with Gasteiger partial charge in [0.05, 0.1) is 25.7 Å². The van der Waals surface area contributed by atoms with Gasteiger partial charge in [-0.3, -0.25) is 4.79 Å². The third kappa shape index (κ3) is 7.76. The molecule has 2 rings (SSSR count). The first-order chi connectivity index (χ1) is 17.2. The van der Waals surface area contributed by atoms with Crippen molar-refractivity contribution in [3.8, 4) is 0 Å². The Morgan fingerprint density at radius 3 is 1.76 bits per heavy atom. The monoisotopic (exact) mass is 540 g/mol. The van der Waals surface area contributed by atoms with Crippen LogP contribution in [0.3, 0.4) is 0 Å². The predicted octanol–water partition coefficient (Wildman–Crippen LogP) is 6.85. The first kappa shape index (κ1) is 31.2. The number of carbonyl (C=O) groups is 1. The molecule has 0 N–H and O–H groups in total. The predicted molar refractivity (Wildman–Crippen MR) is 161 cm³/mol. The van der Waals surface area contributed by atoms with Crippen LogP contribution in [0.5, 0.6) is 0 Å². The molecule has 0 aliphatic rings. The van der Waals surface area contributed by atoms with Gasteiger partial charge in [-0.15, -0.1) is 0 Å². The Labute approximate surface area is 227 Å². The zero-order valence-electron chi connectivity index (χ0n) is 24.7. The van der Waals surface area contributed by atoms with Crippen molar-refractivity contribution >= 4 is 33.0 Å². The van der Waals surface area contributed by atoms with Crippen molar-refractivity contribution in [3.05, 3.63) is 72.3 Å². The van der Waals surface area contributed by atoms with Crippen LogP contribution in [0.2, 0.25) is 23.2 Å². The maximum atomic E-state index is 12.5. The van der Waals surface area contributed by atoms with Gasteiger partial charge in [0, 0.05) is 0 Å². The van der Waals surface area contributed by atoms with Gasteiger partial charge >= 0.3 is 5.97 Å². The van der Waals surface area contributed by atoms with Crippen molar-refractivity contribution in [3.63, 3.8) is 0 Å². The number of esters is 1. The lowest BCUT2D eigenvalue weighted by Gasteiger charge is -2.43. The maximum Gasteiger partial charge on any atom is 0.308 e. The van der Waals surface area contributed by atoms with Gasteiger partial charge in [0.1, 0.15) is 0 Å². The summed E-state index contributed by atoms with van der Waals surface area (Å²) in [5.41, 5.74) is 1.01. The van der Waals surface area contributed by atoms with Crippen molar-refractivity contribution in [2.75, 3.05) is 13.2 Å². The Morgan fingerprint density at radius 1 is 0.865 bits per heavy atom. The molecule has 0 aliphatic heterocycles. The average molecular weight is 541 g/mol. The minimum Gasteiger partial charge on any atom is -0.466 e. The number of hydrogen-bond donors (Lipinski definition) is 0. The summed E-state index contributed by atoms with van der Waals surface area (Å²) in [6.07, 6.45) is 1.99. The lowest BCUT2D eigenvalue weighted by atomic mass is 10.1. The molecule has 0 heterocycles. The van der Waals surface area contributed by atoms with Crippen molar-refractivity contribution in [2.45, 2.75) is 91.1 Å². The lowest BCUT2D eigenvalue weighted by molar-refractivity contribution is -0.144. The third-order valence-corrected chi connectivity index (χ3v) is 17.0. The van der Waals surface area contributed by atoms with Crippen LogP contribution in [0.25, 0.3) is 0 Å². The Balaban J connectivity index is 2.45. The van der Waals surface area contributed by atoms with Crippen LogP contribution < -0.4 is 10.4 Å². The van der Waals surface area contributed by atoms with E-state index < -0.39 is 16.6 Å². The van der Waals surface area contributed by atoms with Gasteiger partial charge in [-0.2, -0.15) is 0 Å². The second-order valence-corrected chi connectivity index (χ2v) is 21.4. The highest BCUT2D eigenvalue weighted by atomic mass is 28.4. The topological polar surface area (TPSA) is 44.8 Å². The Kier molecular flexibility index (Phi) is 10.7. The second-order valence-electron chi connectivity index (χ2n) is 12.3. The summed E-state index contributed by atoms with van der Waals surface area (Å²) in [6.45, 7) is 22.6. The molecule has 0 amide bonds. The molecular formula is C31H48O4Si2. The maximum absolute atomic E-state index is 12.5. The van der Waals surface area contributed by atoms with Crippen molar-refractivity contribution in [1.82, 2.24) is 0 Å². The van der Waals surface area contributed by atoms with E-state index in [2.05, 4.69) is 121 Å². The quantitative estimate of drug-likeness (QED) is 0.178. The van der Waals surface area contributed by atoms with E-state index in [4.69, 9.17) is 13.6 Å². The summed E-state index contributed by atoms with van der Waals surface area (Å²) >= 11 is 0. The van der Waals surface area contributed by atoms with Gasteiger partial charge in [0.15, 0.2) is 8.32 Å². The zero-order chi connectivity index (χ0) is 27.9. The van der Waals surface area contributed by atoms with Crippen molar-refractivity contribution < 1.29 is 18.4 Å². The van der Waals surface area contributed by atoms with Crippen LogP contribution in [0.1, 0.15) is 61.8 Å². The molecule has 0 bridgehead atoms. The standard InChI is InChI=1S/C31H48O4Si2/c1-11-33-29(32)24-28(35-36(9,10)30(3,4)5)25(2)22-23-34-37(31(6,7)8,26-18-14-12-15-19-26)27-20-16-13-17-21-27/h12-22,28H,11,23-24H2,1-10H3/b25-22+. The summed E-state index contributed by atoms with van der Waals surface area (Å²) in [4.78, 5) is 12.5. The minimum atomic E-state index is -2.64. The van der Waals surface area contributed by atoms with E-state index in [-0.39, 0.29) is 28.6 Å². The van der Waals surface area contributed by atoms with Crippen molar-refractivity contribution in [2.24, 2.45) is 0 Å². The fourth-order valence-electron chi connectivity index (χ4n) is 4.39. The van der Waals surface area contributed by atoms with Gasteiger partial charge in [0.2, 0.25) is 0 Å². The normalized spacial score (nSPS) is 14.4. The van der Waals surface area contributed by atoms with Gasteiger partial charge in [-0.05, 0) is 53.0 Å². The molecule has 4 nitrogen and oxygen atoms in total. The first-order valence-electron chi connectivity index (χ1n) is 13.4. The smallest absolute Gasteiger partial charge is 0.308 e. The van der Waals surface area contributed by atoms with Crippen molar-refractivity contribution in [1.29, 1.82) is 0 Å². The van der Waals surface area contributed by atoms with E-state index in [9.17, 15) is 4.79 Å². The molecule has 1 atom stereocenters. The molecule has 37 heavy (non-hydrogen) atoms. The summed E-state index contributed by atoms with van der Waals surface area (Å²) in [5.74, 6) is -0.230. The van der Waals surface area contributed by atoms with Gasteiger partial charge < -0.3 is 13.6 Å². The molecule has 0 spiro atoms. The van der Waals surface area contributed by atoms with Gasteiger partial charge in [-0.1, -0.05) is 108 Å². The highest BCUT2D eigenvalue weighted by Crippen LogP contribution is 2.39. The van der Waals surface area contributed by atoms with E-state index >= 15 is 0 Å². The molecule has 0 aliphatic carbocycles. The molecule has 0 fully saturated rings. The van der Waals surface area contributed by atoms with E-state index in [1.165, 1.54) is 10.4 Å². The molecule has 1 unspecified atom stereocenters. The Hall–Kier alpha value is -2.00. The van der Waals surface area contributed by atoms with Crippen LogP contribution in [0.4, 0.5) is 0 Å². The van der Waals surface area contributed by atoms with Crippen LogP contribution in [0.15, 0.2) is 72.3 Å². The van der Waals surface area contributed by atoms with Crippen LogP contribution in [0, 0.1) is 0 Å². The molecule has 0 saturated heterocycles. The molecule has 0 saturated carbocycles. The SMILES string of the molecule is CCOC(=O)CC(O[Si](C)(C)C(C)(C)C)/C(C)=C/CO[Si](c1ccccc1)(c1ccccc1)C(C)(C)C. The van der Waals surface area contributed by atoms with Gasteiger partial charge in [-0.25, -0.2) is 0 Å². The van der Waals surface area contributed by atoms with Crippen LogP contribution >= 0.6 is 0 Å². The van der Waals surface area contributed by atoms with Gasteiger partial charge in [0.25, 0.3) is 8.32 Å². The Morgan fingerprint density at radius 2 is 1.35 bits per heavy atom. The van der Waals surface area contributed by atoms with E-state index in [1.807, 2.05) is 13.8 Å². The number of carbonyl (C=O) groups excluding carboxylic acids is 1. The van der Waals surface area contributed by atoms with E-state index in [1.54, 1.807) is 0 Å². The summed E-state index contributed by atoms with van der Waals surface area (Å²) in [7, 11) is -4.75. The highest BCUT2D eigenvalue weighted by Gasteiger charge is 2.50. The second kappa shape index (κ2) is 12.7. The molecule has 2 aromatic rings.